The van der Waals surface area contributed by atoms with Crippen molar-refractivity contribution in [3.05, 3.63) is 35.5 Å². The van der Waals surface area contributed by atoms with Crippen LogP contribution in [0.5, 0.6) is 0 Å². The van der Waals surface area contributed by atoms with Gasteiger partial charge in [-0.1, -0.05) is 17.7 Å². The number of carboxylic acids is 1. The Labute approximate surface area is 92.8 Å². The van der Waals surface area contributed by atoms with Crippen LogP contribution in [0.25, 0.3) is 0 Å². The van der Waals surface area contributed by atoms with E-state index in [1.165, 1.54) is 6.07 Å². The Morgan fingerprint density at radius 1 is 1.73 bits per heavy atom. The number of likely N-dealkylation sites (N-methyl/N-ethyl adjacent to an activating group) is 1. The molecule has 0 aliphatic rings. The van der Waals surface area contributed by atoms with Crippen LogP contribution in [-0.4, -0.2) is 29.7 Å². The van der Waals surface area contributed by atoms with Crippen molar-refractivity contribution in [3.63, 3.8) is 0 Å². The molecule has 1 heterocycles. The zero-order valence-corrected chi connectivity index (χ0v) is 9.03. The van der Waals surface area contributed by atoms with Crippen LogP contribution in [0.15, 0.2) is 24.8 Å². The molecule has 80 valence electrons. The second kappa shape index (κ2) is 4.79. The molecule has 0 bridgehead atoms. The number of pyridine rings is 1. The molecule has 4 nitrogen and oxygen atoms in total. The van der Waals surface area contributed by atoms with E-state index in [9.17, 15) is 4.79 Å². The number of nitrogens with zero attached hydrogens (tertiary/aromatic N) is 2. The van der Waals surface area contributed by atoms with Gasteiger partial charge in [-0.3, -0.25) is 0 Å². The summed E-state index contributed by atoms with van der Waals surface area (Å²) in [5.41, 5.74) is -0.134. The second-order valence-electron chi connectivity index (χ2n) is 2.97. The van der Waals surface area contributed by atoms with Gasteiger partial charge in [0.1, 0.15) is 5.82 Å². The van der Waals surface area contributed by atoms with Gasteiger partial charge in [-0.05, 0) is 12.1 Å². The summed E-state index contributed by atoms with van der Waals surface area (Å²) in [5.74, 6) is -0.578. The minimum absolute atomic E-state index is 0.134. The van der Waals surface area contributed by atoms with E-state index in [-0.39, 0.29) is 10.7 Å². The smallest absolute Gasteiger partial charge is 0.356 e. The summed E-state index contributed by atoms with van der Waals surface area (Å²) in [6.07, 6.45) is 1.71. The number of carbonyl (C=O) groups is 1. The van der Waals surface area contributed by atoms with Crippen LogP contribution in [-0.2, 0) is 0 Å². The first-order valence-electron chi connectivity index (χ1n) is 4.28. The first kappa shape index (κ1) is 11.5. The van der Waals surface area contributed by atoms with Crippen molar-refractivity contribution in [2.45, 2.75) is 0 Å². The van der Waals surface area contributed by atoms with Crippen molar-refractivity contribution in [2.75, 3.05) is 18.5 Å². The fraction of sp³-hybridized carbons (Fsp3) is 0.200. The number of rotatable bonds is 4. The van der Waals surface area contributed by atoms with Gasteiger partial charge in [0.05, 0.1) is 5.02 Å². The van der Waals surface area contributed by atoms with Crippen molar-refractivity contribution in [1.29, 1.82) is 0 Å². The SMILES string of the molecule is C=CCN(C)c1ccc(Cl)c(C(=O)O)n1. The van der Waals surface area contributed by atoms with Crippen molar-refractivity contribution in [1.82, 2.24) is 4.98 Å². The number of anilines is 1. The van der Waals surface area contributed by atoms with E-state index in [2.05, 4.69) is 11.6 Å². The van der Waals surface area contributed by atoms with E-state index >= 15 is 0 Å². The summed E-state index contributed by atoms with van der Waals surface area (Å²) >= 11 is 5.69. The molecule has 0 amide bonds. The molecule has 1 aromatic heterocycles. The van der Waals surface area contributed by atoms with E-state index in [4.69, 9.17) is 16.7 Å². The van der Waals surface area contributed by atoms with Gasteiger partial charge in [0.25, 0.3) is 0 Å². The summed E-state index contributed by atoms with van der Waals surface area (Å²) in [7, 11) is 1.80. The Hall–Kier alpha value is -1.55. The molecule has 5 heteroatoms. The molecule has 0 unspecified atom stereocenters. The molecule has 0 radical (unpaired) electrons. The Morgan fingerprint density at radius 2 is 2.40 bits per heavy atom. The average molecular weight is 227 g/mol. The lowest BCUT2D eigenvalue weighted by atomic mass is 10.3. The number of hydrogen-bond donors (Lipinski definition) is 1. The van der Waals surface area contributed by atoms with Gasteiger partial charge in [0.2, 0.25) is 0 Å². The molecule has 0 saturated heterocycles. The maximum atomic E-state index is 10.8. The lowest BCUT2D eigenvalue weighted by Gasteiger charge is -2.16. The fourth-order valence-electron chi connectivity index (χ4n) is 1.08. The highest BCUT2D eigenvalue weighted by molar-refractivity contribution is 6.33. The van der Waals surface area contributed by atoms with Crippen LogP contribution < -0.4 is 4.90 Å². The summed E-state index contributed by atoms with van der Waals surface area (Å²) in [6.45, 7) is 4.18. The van der Waals surface area contributed by atoms with Crippen molar-refractivity contribution in [2.24, 2.45) is 0 Å². The molecule has 0 aliphatic carbocycles. The Kier molecular flexibility index (Phi) is 3.68. The molecule has 15 heavy (non-hydrogen) atoms. The van der Waals surface area contributed by atoms with Gasteiger partial charge < -0.3 is 10.0 Å². The number of halogens is 1. The number of aromatic carboxylic acids is 1. The molecule has 0 spiro atoms. The number of carboxylic acid groups (broad SMARTS) is 1. The summed E-state index contributed by atoms with van der Waals surface area (Å²) in [6, 6.07) is 3.19. The quantitative estimate of drug-likeness (QED) is 0.799. The van der Waals surface area contributed by atoms with E-state index < -0.39 is 5.97 Å². The van der Waals surface area contributed by atoms with Crippen molar-refractivity contribution >= 4 is 23.4 Å². The maximum absolute atomic E-state index is 10.8. The molecule has 1 rings (SSSR count). The second-order valence-corrected chi connectivity index (χ2v) is 3.38. The highest BCUT2D eigenvalue weighted by Gasteiger charge is 2.12. The monoisotopic (exact) mass is 226 g/mol. The van der Waals surface area contributed by atoms with E-state index in [1.54, 1.807) is 24.1 Å². The molecular weight excluding hydrogens is 216 g/mol. The lowest BCUT2D eigenvalue weighted by Crippen LogP contribution is -2.19. The predicted octanol–water partition coefficient (Wildman–Crippen LogP) is 2.06. The van der Waals surface area contributed by atoms with Crippen LogP contribution >= 0.6 is 11.6 Å². The Morgan fingerprint density at radius 3 is 2.93 bits per heavy atom. The lowest BCUT2D eigenvalue weighted by molar-refractivity contribution is 0.0691. The summed E-state index contributed by atoms with van der Waals surface area (Å²) < 4.78 is 0. The molecular formula is C10H11ClN2O2. The van der Waals surface area contributed by atoms with Crippen LogP contribution in [0.1, 0.15) is 10.5 Å². The molecule has 0 aliphatic heterocycles. The average Bonchev–Trinajstić information content (AvgIpc) is 2.18. The maximum Gasteiger partial charge on any atom is 0.356 e. The topological polar surface area (TPSA) is 53.4 Å². The third kappa shape index (κ3) is 2.70. The third-order valence-corrected chi connectivity index (χ3v) is 2.13. The molecule has 0 saturated carbocycles. The fourth-order valence-corrected chi connectivity index (χ4v) is 1.27. The van der Waals surface area contributed by atoms with E-state index in [1.807, 2.05) is 0 Å². The third-order valence-electron chi connectivity index (χ3n) is 1.83. The first-order valence-corrected chi connectivity index (χ1v) is 4.66. The van der Waals surface area contributed by atoms with E-state index in [0.717, 1.165) is 0 Å². The van der Waals surface area contributed by atoms with Crippen molar-refractivity contribution < 1.29 is 9.90 Å². The van der Waals surface area contributed by atoms with Gasteiger partial charge in [-0.15, -0.1) is 6.58 Å². The highest BCUT2D eigenvalue weighted by Crippen LogP contribution is 2.18. The molecule has 0 fully saturated rings. The standard InChI is InChI=1S/C10H11ClN2O2/c1-3-6-13(2)8-5-4-7(11)9(12-8)10(14)15/h3-5H,1,6H2,2H3,(H,14,15). The summed E-state index contributed by atoms with van der Waals surface area (Å²) in [4.78, 5) is 16.5. The number of hydrogen-bond acceptors (Lipinski definition) is 3. The molecule has 0 atom stereocenters. The predicted molar refractivity (Wildman–Crippen MR) is 59.7 cm³/mol. The van der Waals surface area contributed by atoms with Crippen LogP contribution in [0.2, 0.25) is 5.02 Å². The minimum Gasteiger partial charge on any atom is -0.476 e. The normalized spacial score (nSPS) is 9.73. The molecule has 1 N–H and O–H groups in total. The van der Waals surface area contributed by atoms with Crippen molar-refractivity contribution in [3.8, 4) is 0 Å². The Balaban J connectivity index is 3.06. The zero-order chi connectivity index (χ0) is 11.4. The minimum atomic E-state index is -1.13. The zero-order valence-electron chi connectivity index (χ0n) is 8.27. The summed E-state index contributed by atoms with van der Waals surface area (Å²) in [5, 5.41) is 8.95. The first-order chi connectivity index (χ1) is 7.06. The van der Waals surface area contributed by atoms with Crippen LogP contribution in [0.4, 0.5) is 5.82 Å². The van der Waals surface area contributed by atoms with Gasteiger partial charge in [-0.2, -0.15) is 0 Å². The van der Waals surface area contributed by atoms with Crippen LogP contribution in [0, 0.1) is 0 Å². The highest BCUT2D eigenvalue weighted by atomic mass is 35.5. The Bertz CT molecular complexity index is 393. The van der Waals surface area contributed by atoms with Gasteiger partial charge >= 0.3 is 5.97 Å². The number of aromatic nitrogens is 1. The largest absolute Gasteiger partial charge is 0.476 e. The molecule has 0 aromatic carbocycles. The molecule has 1 aromatic rings. The van der Waals surface area contributed by atoms with Gasteiger partial charge in [-0.25, -0.2) is 9.78 Å². The van der Waals surface area contributed by atoms with Crippen LogP contribution in [0.3, 0.4) is 0 Å². The van der Waals surface area contributed by atoms with Gasteiger partial charge in [0, 0.05) is 13.6 Å². The van der Waals surface area contributed by atoms with Gasteiger partial charge in [0.15, 0.2) is 5.69 Å². The van der Waals surface area contributed by atoms with E-state index in [0.29, 0.717) is 12.4 Å².